The molecule has 158 valence electrons. The van der Waals surface area contributed by atoms with E-state index in [2.05, 4.69) is 0 Å². The average Bonchev–Trinajstić information content (AvgIpc) is 3.22. The Morgan fingerprint density at radius 2 is 1.73 bits per heavy atom. The summed E-state index contributed by atoms with van der Waals surface area (Å²) in [5.74, 6) is 0.321. The van der Waals surface area contributed by atoms with Gasteiger partial charge in [0.2, 0.25) is 5.91 Å². The van der Waals surface area contributed by atoms with Crippen molar-refractivity contribution in [2.24, 2.45) is 0 Å². The third-order valence-electron chi connectivity index (χ3n) is 4.60. The molecule has 3 amide bonds. The second-order valence-corrected chi connectivity index (χ2v) is 8.89. The van der Waals surface area contributed by atoms with E-state index in [0.717, 1.165) is 22.2 Å². The van der Waals surface area contributed by atoms with Gasteiger partial charge in [-0.1, -0.05) is 11.6 Å². The van der Waals surface area contributed by atoms with Gasteiger partial charge in [-0.15, -0.1) is 0 Å². The summed E-state index contributed by atoms with van der Waals surface area (Å²) in [4.78, 5) is 40.6. The van der Waals surface area contributed by atoms with Crippen molar-refractivity contribution in [2.75, 3.05) is 6.54 Å². The first-order valence-electron chi connectivity index (χ1n) is 9.59. The number of halogens is 1. The summed E-state index contributed by atoms with van der Waals surface area (Å²) in [7, 11) is 0. The van der Waals surface area contributed by atoms with Gasteiger partial charge in [0, 0.05) is 28.7 Å². The lowest BCUT2D eigenvalue weighted by atomic mass is 10.2. The molecule has 1 aromatic carbocycles. The minimum atomic E-state index is -0.491. The van der Waals surface area contributed by atoms with Crippen LogP contribution in [-0.4, -0.2) is 45.5 Å². The number of carbonyl (C=O) groups is 3. The standard InChI is InChI=1S/C22H23ClN2O4S/c1-13(2)25(14(3)4)20(26)12-24-21(27)19(30-22(24)28)11-17-9-10-18(29-17)15-5-7-16(23)8-6-15/h5-11,13-14H,12H2,1-4H3/b19-11-. The number of thioether (sulfide) groups is 1. The summed E-state index contributed by atoms with van der Waals surface area (Å²) < 4.78 is 5.78. The minimum Gasteiger partial charge on any atom is -0.457 e. The van der Waals surface area contributed by atoms with Crippen molar-refractivity contribution < 1.29 is 18.8 Å². The summed E-state index contributed by atoms with van der Waals surface area (Å²) in [6, 6.07) is 10.6. The number of benzene rings is 1. The van der Waals surface area contributed by atoms with Gasteiger partial charge >= 0.3 is 0 Å². The topological polar surface area (TPSA) is 70.8 Å². The van der Waals surface area contributed by atoms with E-state index >= 15 is 0 Å². The monoisotopic (exact) mass is 446 g/mol. The number of hydrogen-bond donors (Lipinski definition) is 0. The number of imide groups is 1. The first-order valence-corrected chi connectivity index (χ1v) is 10.8. The molecule has 6 nitrogen and oxygen atoms in total. The molecule has 3 rings (SSSR count). The summed E-state index contributed by atoms with van der Waals surface area (Å²) in [5.41, 5.74) is 0.847. The maximum atomic E-state index is 12.7. The molecule has 30 heavy (non-hydrogen) atoms. The summed E-state index contributed by atoms with van der Waals surface area (Å²) in [5, 5.41) is 0.166. The van der Waals surface area contributed by atoms with Crippen LogP contribution in [0.4, 0.5) is 4.79 Å². The van der Waals surface area contributed by atoms with E-state index in [1.54, 1.807) is 29.2 Å². The average molecular weight is 447 g/mol. The van der Waals surface area contributed by atoms with Crippen LogP contribution in [0, 0.1) is 0 Å². The molecular formula is C22H23ClN2O4S. The van der Waals surface area contributed by atoms with E-state index in [9.17, 15) is 14.4 Å². The zero-order valence-electron chi connectivity index (χ0n) is 17.2. The SMILES string of the molecule is CC(C)N(C(=O)CN1C(=O)S/C(=C\c2ccc(-c3ccc(Cl)cc3)o2)C1=O)C(C)C. The molecule has 8 heteroatoms. The second kappa shape index (κ2) is 9.10. The van der Waals surface area contributed by atoms with E-state index in [1.165, 1.54) is 6.08 Å². The van der Waals surface area contributed by atoms with Crippen LogP contribution in [0.15, 0.2) is 45.7 Å². The van der Waals surface area contributed by atoms with Crippen LogP contribution >= 0.6 is 23.4 Å². The van der Waals surface area contributed by atoms with Gasteiger partial charge < -0.3 is 9.32 Å². The number of hydrogen-bond acceptors (Lipinski definition) is 5. The molecule has 0 unspecified atom stereocenters. The van der Waals surface area contributed by atoms with Crippen molar-refractivity contribution >= 4 is 46.5 Å². The Morgan fingerprint density at radius 1 is 1.10 bits per heavy atom. The van der Waals surface area contributed by atoms with Crippen LogP contribution in [0.25, 0.3) is 17.4 Å². The molecule has 0 bridgehead atoms. The number of nitrogens with zero attached hydrogens (tertiary/aromatic N) is 2. The third kappa shape index (κ3) is 4.79. The Kier molecular flexibility index (Phi) is 6.73. The Labute approximate surface area is 184 Å². The quantitative estimate of drug-likeness (QED) is 0.564. The predicted octanol–water partition coefficient (Wildman–Crippen LogP) is 5.28. The van der Waals surface area contributed by atoms with E-state index in [0.29, 0.717) is 16.5 Å². The van der Waals surface area contributed by atoms with Crippen molar-refractivity contribution in [3.63, 3.8) is 0 Å². The smallest absolute Gasteiger partial charge is 0.294 e. The highest BCUT2D eigenvalue weighted by Gasteiger charge is 2.38. The lowest BCUT2D eigenvalue weighted by molar-refractivity contribution is -0.138. The molecule has 0 radical (unpaired) electrons. The Bertz CT molecular complexity index is 987. The highest BCUT2D eigenvalue weighted by molar-refractivity contribution is 8.18. The minimum absolute atomic E-state index is 0.0256. The first-order chi connectivity index (χ1) is 14.2. The number of furan rings is 1. The molecular weight excluding hydrogens is 424 g/mol. The van der Waals surface area contributed by atoms with Crippen molar-refractivity contribution in [3.8, 4) is 11.3 Å². The summed E-state index contributed by atoms with van der Waals surface area (Å²) in [6.07, 6.45) is 1.53. The molecule has 1 aliphatic heterocycles. The lowest BCUT2D eigenvalue weighted by Crippen LogP contribution is -2.48. The van der Waals surface area contributed by atoms with Crippen LogP contribution in [-0.2, 0) is 9.59 Å². The highest BCUT2D eigenvalue weighted by Crippen LogP contribution is 2.33. The molecule has 1 fully saturated rings. The van der Waals surface area contributed by atoms with Gasteiger partial charge in [0.05, 0.1) is 4.91 Å². The van der Waals surface area contributed by atoms with Crippen LogP contribution in [0.5, 0.6) is 0 Å². The lowest BCUT2D eigenvalue weighted by Gasteiger charge is -2.31. The molecule has 0 atom stereocenters. The normalized spacial score (nSPS) is 15.7. The second-order valence-electron chi connectivity index (χ2n) is 7.47. The van der Waals surface area contributed by atoms with E-state index in [-0.39, 0.29) is 29.4 Å². The van der Waals surface area contributed by atoms with Crippen molar-refractivity contribution in [1.29, 1.82) is 0 Å². The predicted molar refractivity (Wildman–Crippen MR) is 119 cm³/mol. The molecule has 0 aliphatic carbocycles. The molecule has 2 aromatic rings. The van der Waals surface area contributed by atoms with Crippen molar-refractivity contribution in [3.05, 3.63) is 52.1 Å². The van der Waals surface area contributed by atoms with E-state index < -0.39 is 11.1 Å². The van der Waals surface area contributed by atoms with Gasteiger partial charge in [-0.25, -0.2) is 0 Å². The number of carbonyl (C=O) groups excluding carboxylic acids is 3. The van der Waals surface area contributed by atoms with Crippen molar-refractivity contribution in [1.82, 2.24) is 9.80 Å². The van der Waals surface area contributed by atoms with Gasteiger partial charge in [0.1, 0.15) is 18.1 Å². The van der Waals surface area contributed by atoms with Crippen molar-refractivity contribution in [2.45, 2.75) is 39.8 Å². The molecule has 1 saturated heterocycles. The molecule has 0 saturated carbocycles. The van der Waals surface area contributed by atoms with Gasteiger partial charge in [0.15, 0.2) is 0 Å². The number of rotatable bonds is 6. The van der Waals surface area contributed by atoms with Crippen LogP contribution in [0.1, 0.15) is 33.5 Å². The molecule has 1 aliphatic rings. The Morgan fingerprint density at radius 3 is 2.33 bits per heavy atom. The maximum absolute atomic E-state index is 12.7. The highest BCUT2D eigenvalue weighted by atomic mass is 35.5. The first kappa shape index (κ1) is 22.2. The van der Waals surface area contributed by atoms with Crippen LogP contribution in [0.3, 0.4) is 0 Å². The fourth-order valence-corrected chi connectivity index (χ4v) is 4.30. The van der Waals surface area contributed by atoms with E-state index in [4.69, 9.17) is 16.0 Å². The number of amides is 3. The largest absolute Gasteiger partial charge is 0.457 e. The zero-order chi connectivity index (χ0) is 22.0. The van der Waals surface area contributed by atoms with Gasteiger partial charge in [-0.3, -0.25) is 19.3 Å². The third-order valence-corrected chi connectivity index (χ3v) is 5.76. The van der Waals surface area contributed by atoms with Gasteiger partial charge in [-0.2, -0.15) is 0 Å². The Hall–Kier alpha value is -2.51. The molecule has 0 spiro atoms. The van der Waals surface area contributed by atoms with E-state index in [1.807, 2.05) is 39.8 Å². The molecule has 1 aromatic heterocycles. The maximum Gasteiger partial charge on any atom is 0.294 e. The van der Waals surface area contributed by atoms with Crippen LogP contribution in [0.2, 0.25) is 5.02 Å². The zero-order valence-corrected chi connectivity index (χ0v) is 18.8. The Balaban J connectivity index is 1.75. The van der Waals surface area contributed by atoms with Crippen LogP contribution < -0.4 is 0 Å². The van der Waals surface area contributed by atoms with Gasteiger partial charge in [-0.05, 0) is 75.9 Å². The van der Waals surface area contributed by atoms with Gasteiger partial charge in [0.25, 0.3) is 11.1 Å². The summed E-state index contributed by atoms with van der Waals surface area (Å²) >= 11 is 6.71. The summed E-state index contributed by atoms with van der Waals surface area (Å²) in [6.45, 7) is 7.34. The molecule has 2 heterocycles. The molecule has 0 N–H and O–H groups in total. The fraction of sp³-hybridized carbons (Fsp3) is 0.318. The fourth-order valence-electron chi connectivity index (χ4n) is 3.35.